The van der Waals surface area contributed by atoms with Crippen molar-refractivity contribution in [2.45, 2.75) is 52.3 Å². The van der Waals surface area contributed by atoms with Crippen molar-refractivity contribution in [3.05, 3.63) is 21.4 Å². The van der Waals surface area contributed by atoms with Crippen molar-refractivity contribution >= 4 is 11.3 Å². The highest BCUT2D eigenvalue weighted by molar-refractivity contribution is 7.12. The fraction of sp³-hybridized carbons (Fsp3) is 0.750. The summed E-state index contributed by atoms with van der Waals surface area (Å²) in [5.41, 5.74) is 1.53. The minimum absolute atomic E-state index is 0.0365. The third kappa shape index (κ3) is 4.04. The molecule has 1 aromatic rings. The van der Waals surface area contributed by atoms with Crippen LogP contribution < -0.4 is 5.32 Å². The van der Waals surface area contributed by atoms with Gasteiger partial charge in [-0.15, -0.1) is 11.3 Å². The van der Waals surface area contributed by atoms with Gasteiger partial charge >= 0.3 is 0 Å². The summed E-state index contributed by atoms with van der Waals surface area (Å²) in [5, 5.41) is 3.41. The lowest BCUT2D eigenvalue weighted by atomic mass is 9.94. The Hall–Kier alpha value is -0.420. The summed E-state index contributed by atoms with van der Waals surface area (Å²) in [6.45, 7) is 12.0. The maximum Gasteiger partial charge on any atom is 0.0777 e. The van der Waals surface area contributed by atoms with E-state index in [2.05, 4.69) is 37.1 Å². The van der Waals surface area contributed by atoms with Crippen molar-refractivity contribution in [2.75, 3.05) is 26.7 Å². The van der Waals surface area contributed by atoms with E-state index in [1.165, 1.54) is 34.7 Å². The maximum absolute atomic E-state index is 5.69. The highest BCUT2D eigenvalue weighted by Crippen LogP contribution is 2.28. The average Bonchev–Trinajstić information content (AvgIpc) is 2.77. The Morgan fingerprint density at radius 1 is 1.50 bits per heavy atom. The third-order valence-corrected chi connectivity index (χ3v) is 5.34. The molecule has 1 aliphatic heterocycles. The Balaban J connectivity index is 1.97. The van der Waals surface area contributed by atoms with Crippen LogP contribution in [0.4, 0.5) is 0 Å². The fourth-order valence-electron chi connectivity index (χ4n) is 2.93. The predicted octanol–water partition coefficient (Wildman–Crippen LogP) is 3.17. The van der Waals surface area contributed by atoms with Crippen LogP contribution >= 0.6 is 11.3 Å². The van der Waals surface area contributed by atoms with Crippen LogP contribution in [0.25, 0.3) is 0 Å². The van der Waals surface area contributed by atoms with Crippen molar-refractivity contribution in [3.8, 4) is 0 Å². The lowest BCUT2D eigenvalue weighted by Gasteiger charge is -2.39. The average molecular weight is 296 g/mol. The van der Waals surface area contributed by atoms with E-state index in [0.717, 1.165) is 26.2 Å². The molecule has 3 nitrogen and oxygen atoms in total. The maximum atomic E-state index is 5.69. The molecule has 0 spiro atoms. The Bertz CT molecular complexity index is 432. The van der Waals surface area contributed by atoms with Crippen LogP contribution in [0.5, 0.6) is 0 Å². The van der Waals surface area contributed by atoms with Crippen molar-refractivity contribution in [1.82, 2.24) is 10.2 Å². The predicted molar refractivity (Wildman–Crippen MR) is 86.4 cm³/mol. The molecule has 0 bridgehead atoms. The minimum atomic E-state index is 0.0365. The standard InChI is InChI=1S/C16H28N2OS/c1-5-17-10-15-9-14(13(2)20-15)11-18-8-6-7-16(3,12-18)19-4/h9,17H,5-8,10-12H2,1-4H3. The van der Waals surface area contributed by atoms with Gasteiger partial charge < -0.3 is 10.1 Å². The van der Waals surface area contributed by atoms with E-state index in [0.29, 0.717) is 0 Å². The molecule has 1 atom stereocenters. The Morgan fingerprint density at radius 2 is 2.30 bits per heavy atom. The van der Waals surface area contributed by atoms with Gasteiger partial charge in [0.15, 0.2) is 0 Å². The molecule has 4 heteroatoms. The van der Waals surface area contributed by atoms with Crippen molar-refractivity contribution < 1.29 is 4.74 Å². The van der Waals surface area contributed by atoms with Gasteiger partial charge in [0.2, 0.25) is 0 Å². The molecular weight excluding hydrogens is 268 g/mol. The summed E-state index contributed by atoms with van der Waals surface area (Å²) in [6.07, 6.45) is 2.41. The minimum Gasteiger partial charge on any atom is -0.377 e. The number of piperidine rings is 1. The van der Waals surface area contributed by atoms with Gasteiger partial charge in [-0.3, -0.25) is 4.90 Å². The summed E-state index contributed by atoms with van der Waals surface area (Å²) in [7, 11) is 1.84. The first-order valence-electron chi connectivity index (χ1n) is 7.63. The number of rotatable bonds is 6. The van der Waals surface area contributed by atoms with Crippen LogP contribution in [0.3, 0.4) is 0 Å². The zero-order valence-electron chi connectivity index (χ0n) is 13.3. The number of thiophene rings is 1. The number of hydrogen-bond acceptors (Lipinski definition) is 4. The van der Waals surface area contributed by atoms with E-state index in [4.69, 9.17) is 4.74 Å². The van der Waals surface area contributed by atoms with Gasteiger partial charge in [0, 0.05) is 36.5 Å². The smallest absolute Gasteiger partial charge is 0.0777 e. The first-order valence-corrected chi connectivity index (χ1v) is 8.44. The van der Waals surface area contributed by atoms with Gasteiger partial charge in [0.1, 0.15) is 0 Å². The molecule has 1 aromatic heterocycles. The van der Waals surface area contributed by atoms with E-state index >= 15 is 0 Å². The molecule has 1 N–H and O–H groups in total. The second kappa shape index (κ2) is 7.03. The first-order chi connectivity index (χ1) is 9.56. The summed E-state index contributed by atoms with van der Waals surface area (Å²) in [6, 6.07) is 2.38. The Morgan fingerprint density at radius 3 is 3.00 bits per heavy atom. The monoisotopic (exact) mass is 296 g/mol. The number of aryl methyl sites for hydroxylation is 1. The summed E-state index contributed by atoms with van der Waals surface area (Å²) < 4.78 is 5.69. The lowest BCUT2D eigenvalue weighted by Crippen LogP contribution is -2.46. The molecule has 0 amide bonds. The van der Waals surface area contributed by atoms with Crippen molar-refractivity contribution in [3.63, 3.8) is 0 Å². The topological polar surface area (TPSA) is 24.5 Å². The van der Waals surface area contributed by atoms with Gasteiger partial charge in [-0.05, 0) is 51.4 Å². The molecule has 1 fully saturated rings. The summed E-state index contributed by atoms with van der Waals surface area (Å²) >= 11 is 1.93. The lowest BCUT2D eigenvalue weighted by molar-refractivity contribution is -0.0527. The summed E-state index contributed by atoms with van der Waals surface area (Å²) in [5.74, 6) is 0. The molecule has 2 heterocycles. The molecule has 0 saturated carbocycles. The molecule has 0 aromatic carbocycles. The number of likely N-dealkylation sites (tertiary alicyclic amines) is 1. The molecule has 1 aliphatic rings. The number of nitrogens with one attached hydrogen (secondary N) is 1. The molecule has 0 radical (unpaired) electrons. The number of methoxy groups -OCH3 is 1. The van der Waals surface area contributed by atoms with Gasteiger partial charge in [-0.1, -0.05) is 6.92 Å². The molecule has 114 valence electrons. The van der Waals surface area contributed by atoms with Gasteiger partial charge in [-0.25, -0.2) is 0 Å². The zero-order chi connectivity index (χ0) is 14.6. The number of nitrogens with zero attached hydrogens (tertiary/aromatic N) is 1. The normalized spacial score (nSPS) is 24.2. The fourth-order valence-corrected chi connectivity index (χ4v) is 3.95. The van der Waals surface area contributed by atoms with Crippen LogP contribution in [-0.4, -0.2) is 37.2 Å². The van der Waals surface area contributed by atoms with Crippen LogP contribution in [0.15, 0.2) is 6.07 Å². The summed E-state index contributed by atoms with van der Waals surface area (Å²) in [4.78, 5) is 5.45. The van der Waals surface area contributed by atoms with E-state index in [1.54, 1.807) is 0 Å². The molecular formula is C16H28N2OS. The number of hydrogen-bond donors (Lipinski definition) is 1. The van der Waals surface area contributed by atoms with Crippen LogP contribution in [0.2, 0.25) is 0 Å². The second-order valence-corrected chi connectivity index (χ2v) is 7.38. The van der Waals surface area contributed by atoms with Crippen LogP contribution in [0, 0.1) is 6.92 Å². The molecule has 0 aliphatic carbocycles. The van der Waals surface area contributed by atoms with Gasteiger partial charge in [-0.2, -0.15) is 0 Å². The van der Waals surface area contributed by atoms with E-state index in [1.807, 2.05) is 18.4 Å². The van der Waals surface area contributed by atoms with Crippen LogP contribution in [0.1, 0.15) is 42.0 Å². The largest absolute Gasteiger partial charge is 0.377 e. The van der Waals surface area contributed by atoms with Crippen molar-refractivity contribution in [2.24, 2.45) is 0 Å². The quantitative estimate of drug-likeness (QED) is 0.872. The Labute approximate surface area is 127 Å². The number of ether oxygens (including phenoxy) is 1. The molecule has 1 unspecified atom stereocenters. The first kappa shape index (κ1) is 16.0. The van der Waals surface area contributed by atoms with Gasteiger partial charge in [0.05, 0.1) is 5.60 Å². The Kier molecular flexibility index (Phi) is 5.61. The van der Waals surface area contributed by atoms with E-state index in [9.17, 15) is 0 Å². The van der Waals surface area contributed by atoms with Crippen LogP contribution in [-0.2, 0) is 17.8 Å². The third-order valence-electron chi connectivity index (χ3n) is 4.25. The van der Waals surface area contributed by atoms with Gasteiger partial charge in [0.25, 0.3) is 0 Å². The SMILES string of the molecule is CCNCc1cc(CN2CCCC(C)(OC)C2)c(C)s1. The van der Waals surface area contributed by atoms with E-state index < -0.39 is 0 Å². The second-order valence-electron chi connectivity index (χ2n) is 6.04. The highest BCUT2D eigenvalue weighted by Gasteiger charge is 2.30. The van der Waals surface area contributed by atoms with E-state index in [-0.39, 0.29) is 5.60 Å². The molecule has 20 heavy (non-hydrogen) atoms. The zero-order valence-corrected chi connectivity index (χ0v) is 14.1. The molecule has 2 rings (SSSR count). The van der Waals surface area contributed by atoms with Crippen molar-refractivity contribution in [1.29, 1.82) is 0 Å². The molecule has 1 saturated heterocycles. The highest BCUT2D eigenvalue weighted by atomic mass is 32.1.